The van der Waals surface area contributed by atoms with Crippen LogP contribution in [0.4, 0.5) is 18.9 Å². The van der Waals surface area contributed by atoms with Gasteiger partial charge in [0, 0.05) is 23.4 Å². The van der Waals surface area contributed by atoms with E-state index in [2.05, 4.69) is 11.9 Å². The molecule has 5 rings (SSSR count). The molecular weight excluding hydrogens is 439 g/mol. The van der Waals surface area contributed by atoms with Crippen molar-refractivity contribution in [3.05, 3.63) is 70.5 Å². The van der Waals surface area contributed by atoms with E-state index in [4.69, 9.17) is 11.6 Å². The Morgan fingerprint density at radius 3 is 2.20 bits per heavy atom. The van der Waals surface area contributed by atoms with Gasteiger partial charge in [-0.15, -0.1) is 0 Å². The number of anilines is 1. The normalized spacial score (nSPS) is 23.1. The van der Waals surface area contributed by atoms with Crippen molar-refractivity contribution >= 4 is 33.0 Å². The van der Waals surface area contributed by atoms with Gasteiger partial charge in [-0.3, -0.25) is 4.79 Å². The van der Waals surface area contributed by atoms with Gasteiger partial charge in [0.25, 0.3) is 5.91 Å². The number of halogens is 4. The second-order valence-electron chi connectivity index (χ2n) is 7.70. The minimum absolute atomic E-state index is 0.0107. The molecule has 0 saturated heterocycles. The fourth-order valence-electron chi connectivity index (χ4n) is 4.17. The molecule has 0 heterocycles. The highest BCUT2D eigenvalue weighted by molar-refractivity contribution is 7.92. The number of nitrogens with one attached hydrogen (secondary N) is 1. The highest BCUT2D eigenvalue weighted by Crippen LogP contribution is 2.52. The third-order valence-corrected chi connectivity index (χ3v) is 8.55. The maximum atomic E-state index is 13.4. The predicted octanol–water partition coefficient (Wildman–Crippen LogP) is 5.14. The van der Waals surface area contributed by atoms with Crippen molar-refractivity contribution in [2.75, 3.05) is 5.32 Å². The molecule has 3 saturated carbocycles. The van der Waals surface area contributed by atoms with Gasteiger partial charge < -0.3 is 5.32 Å². The van der Waals surface area contributed by atoms with E-state index in [-0.39, 0.29) is 33.0 Å². The zero-order valence-electron chi connectivity index (χ0n) is 15.6. The summed E-state index contributed by atoms with van der Waals surface area (Å²) in [5.41, 5.74) is 0.731. The molecule has 30 heavy (non-hydrogen) atoms. The Balaban J connectivity index is 1.60. The summed E-state index contributed by atoms with van der Waals surface area (Å²) in [6, 6.07) is 5.00. The minimum atomic E-state index is -3.79. The van der Waals surface area contributed by atoms with Crippen LogP contribution in [-0.4, -0.2) is 19.6 Å². The Hall–Kier alpha value is -2.32. The lowest BCUT2D eigenvalue weighted by Gasteiger charge is -2.47. The summed E-state index contributed by atoms with van der Waals surface area (Å²) in [7, 11) is -3.79. The van der Waals surface area contributed by atoms with Crippen molar-refractivity contribution in [3.63, 3.8) is 0 Å². The van der Waals surface area contributed by atoms with Gasteiger partial charge in [0.15, 0.2) is 27.3 Å². The zero-order valence-corrected chi connectivity index (χ0v) is 17.2. The largest absolute Gasteiger partial charge is 0.322 e. The lowest BCUT2D eigenvalue weighted by Crippen LogP contribution is -2.42. The summed E-state index contributed by atoms with van der Waals surface area (Å²) in [5, 5.41) is 1.61. The van der Waals surface area contributed by atoms with E-state index >= 15 is 0 Å². The van der Waals surface area contributed by atoms with Crippen LogP contribution < -0.4 is 5.32 Å². The molecule has 3 aliphatic carbocycles. The number of hydrogen-bond acceptors (Lipinski definition) is 3. The number of rotatable bonds is 4. The van der Waals surface area contributed by atoms with Gasteiger partial charge in [-0.1, -0.05) is 23.8 Å². The van der Waals surface area contributed by atoms with Crippen LogP contribution in [0.2, 0.25) is 5.02 Å². The number of carbonyl (C=O) groups is 1. The fraction of sp³-hybridized carbons (Fsp3) is 0.286. The quantitative estimate of drug-likeness (QED) is 0.513. The van der Waals surface area contributed by atoms with E-state index in [1.165, 1.54) is 12.1 Å². The van der Waals surface area contributed by atoms with Crippen LogP contribution in [0.15, 0.2) is 47.4 Å². The Labute approximate surface area is 176 Å². The van der Waals surface area contributed by atoms with E-state index in [9.17, 15) is 26.4 Å². The lowest BCUT2D eigenvalue weighted by molar-refractivity contribution is 0.102. The molecule has 1 unspecified atom stereocenters. The monoisotopic (exact) mass is 455 g/mol. The molecule has 0 aromatic heterocycles. The van der Waals surface area contributed by atoms with Crippen LogP contribution in [-0.2, 0) is 9.84 Å². The number of sulfone groups is 1. The number of benzene rings is 2. The number of fused-ring (bicyclic) bond motifs is 2. The Morgan fingerprint density at radius 1 is 1.03 bits per heavy atom. The fourth-order valence-corrected chi connectivity index (χ4v) is 6.57. The average Bonchev–Trinajstić information content (AvgIpc) is 2.71. The number of hydrogen-bond donors (Lipinski definition) is 1. The Morgan fingerprint density at radius 2 is 1.63 bits per heavy atom. The molecule has 0 aliphatic heterocycles. The van der Waals surface area contributed by atoms with Crippen molar-refractivity contribution in [3.8, 4) is 0 Å². The molecule has 2 bridgehead atoms. The van der Waals surface area contributed by atoms with Crippen molar-refractivity contribution < 1.29 is 26.4 Å². The molecule has 1 N–H and O–H groups in total. The predicted molar refractivity (Wildman–Crippen MR) is 107 cm³/mol. The summed E-state index contributed by atoms with van der Waals surface area (Å²) in [6.45, 7) is 4.00. The molecule has 3 fully saturated rings. The third-order valence-electron chi connectivity index (χ3n) is 5.89. The molecule has 2 aromatic carbocycles. The number of allylic oxidation sites excluding steroid dienone is 1. The zero-order chi connectivity index (χ0) is 21.8. The van der Waals surface area contributed by atoms with E-state index in [0.29, 0.717) is 25.0 Å². The molecular formula is C21H17ClF3NO3S. The van der Waals surface area contributed by atoms with Gasteiger partial charge in [-0.2, -0.15) is 0 Å². The summed E-state index contributed by atoms with van der Waals surface area (Å²) >= 11 is 6.13. The van der Waals surface area contributed by atoms with Crippen LogP contribution >= 0.6 is 11.6 Å². The Kier molecular flexibility index (Phi) is 5.18. The van der Waals surface area contributed by atoms with E-state index in [0.717, 1.165) is 18.1 Å². The van der Waals surface area contributed by atoms with E-state index in [1.54, 1.807) is 0 Å². The minimum Gasteiger partial charge on any atom is -0.322 e. The van der Waals surface area contributed by atoms with Crippen LogP contribution in [0.3, 0.4) is 0 Å². The maximum Gasteiger partial charge on any atom is 0.255 e. The SMILES string of the molecule is C=C1C2C[C@H]1C[C@H](S(=O)(=O)c1cc(C(=O)Nc3cc(F)c(F)c(F)c3)ccc1Cl)C2. The van der Waals surface area contributed by atoms with E-state index in [1.807, 2.05) is 0 Å². The second-order valence-corrected chi connectivity index (χ2v) is 10.3. The van der Waals surface area contributed by atoms with Gasteiger partial charge in [-0.25, -0.2) is 21.6 Å². The van der Waals surface area contributed by atoms with Crippen LogP contribution in [0.1, 0.15) is 29.6 Å². The number of carbonyl (C=O) groups excluding carboxylic acids is 1. The summed E-state index contributed by atoms with van der Waals surface area (Å²) in [4.78, 5) is 12.3. The Bertz CT molecular complexity index is 1150. The van der Waals surface area contributed by atoms with Crippen molar-refractivity contribution in [1.29, 1.82) is 0 Å². The smallest absolute Gasteiger partial charge is 0.255 e. The van der Waals surface area contributed by atoms with Crippen LogP contribution in [0, 0.1) is 29.3 Å². The highest BCUT2D eigenvalue weighted by atomic mass is 35.5. The topological polar surface area (TPSA) is 63.2 Å². The summed E-state index contributed by atoms with van der Waals surface area (Å²) in [5.74, 6) is -4.99. The standard InChI is InChI=1S/C21H17ClF3NO3S/c1-10-12-4-13(10)6-15(5-12)30(28,29)19-7-11(2-3-16(19)22)21(27)26-14-8-17(23)20(25)18(24)9-14/h2-3,7-9,12-13,15H,1,4-6H2,(H,26,27)/t12-,13?,15-/m0/s1. The first-order valence-electron chi connectivity index (χ1n) is 9.26. The molecule has 2 aromatic rings. The van der Waals surface area contributed by atoms with Gasteiger partial charge in [-0.05, 0) is 49.3 Å². The molecule has 158 valence electrons. The lowest BCUT2D eigenvalue weighted by atomic mass is 9.62. The third kappa shape index (κ3) is 3.52. The van der Waals surface area contributed by atoms with Crippen molar-refractivity contribution in [2.24, 2.45) is 11.8 Å². The summed E-state index contributed by atoms with van der Waals surface area (Å²) < 4.78 is 66.1. The van der Waals surface area contributed by atoms with E-state index < -0.39 is 38.4 Å². The van der Waals surface area contributed by atoms with Crippen molar-refractivity contribution in [2.45, 2.75) is 29.4 Å². The van der Waals surface area contributed by atoms with Gasteiger partial charge in [0.1, 0.15) is 0 Å². The second kappa shape index (κ2) is 7.42. The molecule has 3 atom stereocenters. The first-order valence-corrected chi connectivity index (χ1v) is 11.2. The maximum absolute atomic E-state index is 13.4. The number of amides is 1. The van der Waals surface area contributed by atoms with Crippen molar-refractivity contribution in [1.82, 2.24) is 0 Å². The molecule has 0 spiro atoms. The van der Waals surface area contributed by atoms with Gasteiger partial charge in [0.2, 0.25) is 0 Å². The van der Waals surface area contributed by atoms with Gasteiger partial charge in [0.05, 0.1) is 15.2 Å². The molecule has 3 aliphatic rings. The average molecular weight is 456 g/mol. The first kappa shape index (κ1) is 20.9. The molecule has 0 radical (unpaired) electrons. The summed E-state index contributed by atoms with van der Waals surface area (Å²) in [6.07, 6.45) is 1.89. The van der Waals surface area contributed by atoms with Gasteiger partial charge >= 0.3 is 0 Å². The molecule has 9 heteroatoms. The first-order chi connectivity index (χ1) is 14.1. The molecule has 1 amide bonds. The van der Waals surface area contributed by atoms with Crippen LogP contribution in [0.25, 0.3) is 0 Å². The highest BCUT2D eigenvalue weighted by Gasteiger charge is 2.46. The molecule has 4 nitrogen and oxygen atoms in total. The van der Waals surface area contributed by atoms with Crippen LogP contribution in [0.5, 0.6) is 0 Å².